The highest BCUT2D eigenvalue weighted by Gasteiger charge is 2.22. The second kappa shape index (κ2) is 8.41. The number of amides is 2. The van der Waals surface area contributed by atoms with Crippen molar-refractivity contribution in [3.8, 4) is 5.75 Å². The molecule has 0 unspecified atom stereocenters. The van der Waals surface area contributed by atoms with Crippen molar-refractivity contribution in [1.29, 1.82) is 0 Å². The molecule has 6 nitrogen and oxygen atoms in total. The quantitative estimate of drug-likeness (QED) is 0.874. The van der Waals surface area contributed by atoms with Gasteiger partial charge >= 0.3 is 6.09 Å². The third-order valence-corrected chi connectivity index (χ3v) is 4.11. The summed E-state index contributed by atoms with van der Waals surface area (Å²) in [5.41, 5.74) is 0.602. The molecule has 1 fully saturated rings. The molecule has 126 valence electrons. The summed E-state index contributed by atoms with van der Waals surface area (Å²) in [5, 5.41) is 5.59. The van der Waals surface area contributed by atoms with E-state index in [9.17, 15) is 9.59 Å². The highest BCUT2D eigenvalue weighted by molar-refractivity contribution is 5.84. The third-order valence-electron chi connectivity index (χ3n) is 4.11. The van der Waals surface area contributed by atoms with Crippen LogP contribution in [0.25, 0.3) is 0 Å². The lowest BCUT2D eigenvalue weighted by Crippen LogP contribution is -2.43. The van der Waals surface area contributed by atoms with E-state index in [4.69, 9.17) is 4.74 Å². The minimum absolute atomic E-state index is 0.00695. The summed E-state index contributed by atoms with van der Waals surface area (Å²) in [7, 11) is 1.30. The lowest BCUT2D eigenvalue weighted by molar-refractivity contribution is -0.124. The van der Waals surface area contributed by atoms with Gasteiger partial charge in [0, 0.05) is 11.7 Å². The Morgan fingerprint density at radius 2 is 1.87 bits per heavy atom. The first-order valence-corrected chi connectivity index (χ1v) is 7.95. The molecule has 2 atom stereocenters. The minimum Gasteiger partial charge on any atom is -0.484 e. The molecule has 2 N–H and O–H groups in total. The van der Waals surface area contributed by atoms with Crippen LogP contribution in [0.1, 0.15) is 32.6 Å². The van der Waals surface area contributed by atoms with Gasteiger partial charge in [0.2, 0.25) is 0 Å². The van der Waals surface area contributed by atoms with Crippen molar-refractivity contribution in [2.24, 2.45) is 5.92 Å². The Labute approximate surface area is 136 Å². The summed E-state index contributed by atoms with van der Waals surface area (Å²) in [4.78, 5) is 23.1. The van der Waals surface area contributed by atoms with Crippen molar-refractivity contribution in [3.63, 3.8) is 0 Å². The van der Waals surface area contributed by atoms with Crippen molar-refractivity contribution >= 4 is 17.7 Å². The fraction of sp³-hybridized carbons (Fsp3) is 0.529. The lowest BCUT2D eigenvalue weighted by atomic mass is 9.86. The molecular formula is C17H24N2O4. The molecule has 0 saturated heterocycles. The number of ether oxygens (including phenoxy) is 2. The molecule has 0 bridgehead atoms. The number of carbonyl (C=O) groups excluding carboxylic acids is 2. The van der Waals surface area contributed by atoms with Crippen LogP contribution in [0.15, 0.2) is 24.3 Å². The van der Waals surface area contributed by atoms with Crippen LogP contribution in [0.4, 0.5) is 10.5 Å². The monoisotopic (exact) mass is 320 g/mol. The van der Waals surface area contributed by atoms with Crippen LogP contribution in [0.5, 0.6) is 5.75 Å². The van der Waals surface area contributed by atoms with Crippen molar-refractivity contribution in [2.45, 2.75) is 38.6 Å². The summed E-state index contributed by atoms with van der Waals surface area (Å²) in [6.07, 6.45) is 4.10. The van der Waals surface area contributed by atoms with E-state index in [1.807, 2.05) is 0 Å². The predicted molar refractivity (Wildman–Crippen MR) is 87.5 cm³/mol. The average Bonchev–Trinajstić information content (AvgIpc) is 2.56. The van der Waals surface area contributed by atoms with Gasteiger partial charge in [-0.3, -0.25) is 10.1 Å². The maximum atomic E-state index is 12.0. The van der Waals surface area contributed by atoms with E-state index < -0.39 is 6.09 Å². The first-order chi connectivity index (χ1) is 11.1. The molecule has 1 aromatic rings. The van der Waals surface area contributed by atoms with E-state index in [-0.39, 0.29) is 18.6 Å². The van der Waals surface area contributed by atoms with Gasteiger partial charge in [-0.1, -0.05) is 19.8 Å². The zero-order valence-corrected chi connectivity index (χ0v) is 13.6. The van der Waals surface area contributed by atoms with Crippen LogP contribution in [0, 0.1) is 5.92 Å². The Morgan fingerprint density at radius 3 is 2.52 bits per heavy atom. The molecule has 0 spiro atoms. The zero-order valence-electron chi connectivity index (χ0n) is 13.6. The van der Waals surface area contributed by atoms with Crippen molar-refractivity contribution in [3.05, 3.63) is 24.3 Å². The number of hydrogen-bond acceptors (Lipinski definition) is 4. The average molecular weight is 320 g/mol. The van der Waals surface area contributed by atoms with Gasteiger partial charge in [0.05, 0.1) is 7.11 Å². The highest BCUT2D eigenvalue weighted by Crippen LogP contribution is 2.23. The van der Waals surface area contributed by atoms with Gasteiger partial charge in [0.1, 0.15) is 5.75 Å². The molecule has 0 aromatic heterocycles. The number of rotatable bonds is 5. The standard InChI is InChI=1S/C17H24N2O4/c1-12-5-3-4-6-15(12)19-16(20)11-23-14-9-7-13(8-10-14)18-17(21)22-2/h7-10,12,15H,3-6,11H2,1-2H3,(H,18,21)(H,19,20)/t12-,15-/m0/s1. The number of anilines is 1. The van der Waals surface area contributed by atoms with E-state index in [2.05, 4.69) is 22.3 Å². The van der Waals surface area contributed by atoms with E-state index in [1.54, 1.807) is 24.3 Å². The molecule has 1 aliphatic carbocycles. The van der Waals surface area contributed by atoms with Crippen LogP contribution in [0.3, 0.4) is 0 Å². The topological polar surface area (TPSA) is 76.7 Å². The lowest BCUT2D eigenvalue weighted by Gasteiger charge is -2.29. The summed E-state index contributed by atoms with van der Waals surface area (Å²) in [6.45, 7) is 2.17. The SMILES string of the molecule is COC(=O)Nc1ccc(OCC(=O)N[C@H]2CCCC[C@@H]2C)cc1. The Bertz CT molecular complexity index is 530. The number of carbonyl (C=O) groups is 2. The summed E-state index contributed by atoms with van der Waals surface area (Å²) in [6, 6.07) is 7.02. The first kappa shape index (κ1) is 17.1. The second-order valence-electron chi connectivity index (χ2n) is 5.87. The minimum atomic E-state index is -0.528. The first-order valence-electron chi connectivity index (χ1n) is 7.95. The second-order valence-corrected chi connectivity index (χ2v) is 5.87. The van der Waals surface area contributed by atoms with Crippen LogP contribution in [-0.4, -0.2) is 31.8 Å². The Kier molecular flexibility index (Phi) is 6.26. The van der Waals surface area contributed by atoms with Crippen LogP contribution < -0.4 is 15.4 Å². The molecule has 0 aliphatic heterocycles. The van der Waals surface area contributed by atoms with Gasteiger partial charge in [-0.05, 0) is 43.0 Å². The van der Waals surface area contributed by atoms with Crippen LogP contribution >= 0.6 is 0 Å². The molecule has 0 heterocycles. The maximum absolute atomic E-state index is 12.0. The van der Waals surface area contributed by atoms with Gasteiger partial charge in [0.25, 0.3) is 5.91 Å². The third kappa shape index (κ3) is 5.47. The largest absolute Gasteiger partial charge is 0.484 e. The van der Waals surface area contributed by atoms with Crippen LogP contribution in [-0.2, 0) is 9.53 Å². The van der Waals surface area contributed by atoms with E-state index >= 15 is 0 Å². The highest BCUT2D eigenvalue weighted by atomic mass is 16.5. The van der Waals surface area contributed by atoms with E-state index in [0.29, 0.717) is 17.4 Å². The normalized spacial score (nSPS) is 20.4. The number of methoxy groups -OCH3 is 1. The number of nitrogens with one attached hydrogen (secondary N) is 2. The Balaban J connectivity index is 1.76. The number of hydrogen-bond donors (Lipinski definition) is 2. The molecule has 1 aliphatic rings. The van der Waals surface area contributed by atoms with Gasteiger partial charge in [-0.15, -0.1) is 0 Å². The molecule has 1 aromatic carbocycles. The van der Waals surface area contributed by atoms with Gasteiger partial charge < -0.3 is 14.8 Å². The van der Waals surface area contributed by atoms with Gasteiger partial charge in [0.15, 0.2) is 6.61 Å². The van der Waals surface area contributed by atoms with E-state index in [1.165, 1.54) is 26.4 Å². The maximum Gasteiger partial charge on any atom is 0.411 e. The zero-order chi connectivity index (χ0) is 16.7. The molecule has 2 rings (SSSR count). The van der Waals surface area contributed by atoms with Crippen molar-refractivity contribution < 1.29 is 19.1 Å². The van der Waals surface area contributed by atoms with E-state index in [0.717, 1.165) is 6.42 Å². The summed E-state index contributed by atoms with van der Waals surface area (Å²) in [5.74, 6) is 1.00. The molecule has 1 saturated carbocycles. The van der Waals surface area contributed by atoms with Crippen molar-refractivity contribution in [2.75, 3.05) is 19.0 Å². The fourth-order valence-electron chi connectivity index (χ4n) is 2.73. The molecule has 0 radical (unpaired) electrons. The molecule has 23 heavy (non-hydrogen) atoms. The Hall–Kier alpha value is -2.24. The summed E-state index contributed by atoms with van der Waals surface area (Å²) >= 11 is 0. The Morgan fingerprint density at radius 1 is 1.17 bits per heavy atom. The van der Waals surface area contributed by atoms with Gasteiger partial charge in [-0.2, -0.15) is 0 Å². The summed E-state index contributed by atoms with van der Waals surface area (Å²) < 4.78 is 9.98. The molecule has 2 amide bonds. The van der Waals surface area contributed by atoms with Gasteiger partial charge in [-0.25, -0.2) is 4.79 Å². The van der Waals surface area contributed by atoms with Crippen LogP contribution in [0.2, 0.25) is 0 Å². The molecular weight excluding hydrogens is 296 g/mol. The predicted octanol–water partition coefficient (Wildman–Crippen LogP) is 2.94. The fourth-order valence-corrected chi connectivity index (χ4v) is 2.73. The number of benzene rings is 1. The smallest absolute Gasteiger partial charge is 0.411 e. The molecule has 6 heteroatoms. The van der Waals surface area contributed by atoms with Crippen molar-refractivity contribution in [1.82, 2.24) is 5.32 Å².